The number of imide groups is 1. The molecular weight excluding hydrogens is 396 g/mol. The quantitative estimate of drug-likeness (QED) is 0.296. The zero-order valence-electron chi connectivity index (χ0n) is 16.0. The monoisotopic (exact) mass is 416 g/mol. The molecule has 0 saturated carbocycles. The molecule has 13 nitrogen and oxygen atoms in total. The molecule has 2 heterocycles. The predicted octanol–water partition coefficient (Wildman–Crippen LogP) is -1.72. The molecule has 0 radical (unpaired) electrons. The molecule has 2 saturated heterocycles. The average Bonchev–Trinajstić information content (AvgIpc) is 2.85. The second-order valence-electron chi connectivity index (χ2n) is 6.28. The van der Waals surface area contributed by atoms with Crippen molar-refractivity contribution in [2.24, 2.45) is 0 Å². The highest BCUT2D eigenvalue weighted by atomic mass is 16.7. The molecule has 2 rings (SSSR count). The van der Waals surface area contributed by atoms with E-state index in [9.17, 15) is 28.8 Å². The van der Waals surface area contributed by atoms with Crippen molar-refractivity contribution in [2.45, 2.75) is 57.8 Å². The summed E-state index contributed by atoms with van der Waals surface area (Å²) in [5.74, 6) is -4.34. The minimum Gasteiger partial charge on any atom is -0.463 e. The third-order valence-corrected chi connectivity index (χ3v) is 3.94. The van der Waals surface area contributed by atoms with Crippen LogP contribution in [0.15, 0.2) is 0 Å². The van der Waals surface area contributed by atoms with Gasteiger partial charge in [-0.15, -0.1) is 0 Å². The largest absolute Gasteiger partial charge is 0.463 e. The van der Waals surface area contributed by atoms with Gasteiger partial charge in [-0.05, 0) is 0 Å². The normalized spacial score (nSPS) is 30.8. The first-order chi connectivity index (χ1) is 13.5. The predicted molar refractivity (Wildman–Crippen MR) is 87.6 cm³/mol. The lowest BCUT2D eigenvalue weighted by molar-refractivity contribution is -0.279. The molecule has 2 fully saturated rings. The van der Waals surface area contributed by atoms with Crippen LogP contribution in [0, 0.1) is 0 Å². The van der Waals surface area contributed by atoms with E-state index in [1.54, 1.807) is 0 Å². The van der Waals surface area contributed by atoms with Gasteiger partial charge in [-0.1, -0.05) is 0 Å². The number of ether oxygens (including phenoxy) is 5. The molecule has 13 heteroatoms. The molecular formula is C16H20N2O11. The molecule has 2 aliphatic heterocycles. The summed E-state index contributed by atoms with van der Waals surface area (Å²) in [7, 11) is 0. The minimum absolute atomic E-state index is 0.525. The van der Waals surface area contributed by atoms with Crippen LogP contribution in [0.1, 0.15) is 27.7 Å². The Kier molecular flexibility index (Phi) is 6.41. The highest BCUT2D eigenvalue weighted by Crippen LogP contribution is 2.36. The highest BCUT2D eigenvalue weighted by Gasteiger charge is 2.67. The van der Waals surface area contributed by atoms with Gasteiger partial charge in [0.2, 0.25) is 0 Å². The summed E-state index contributed by atoms with van der Waals surface area (Å²) >= 11 is 0. The van der Waals surface area contributed by atoms with E-state index in [0.717, 1.165) is 27.7 Å². The van der Waals surface area contributed by atoms with Gasteiger partial charge in [0.1, 0.15) is 12.7 Å². The van der Waals surface area contributed by atoms with Gasteiger partial charge in [-0.25, -0.2) is 4.79 Å². The van der Waals surface area contributed by atoms with Crippen molar-refractivity contribution in [3.05, 3.63) is 0 Å². The second kappa shape index (κ2) is 8.43. The van der Waals surface area contributed by atoms with E-state index in [1.807, 2.05) is 5.32 Å². The Labute approximate surface area is 164 Å². The molecule has 160 valence electrons. The summed E-state index contributed by atoms with van der Waals surface area (Å²) in [6.45, 7) is 3.69. The average molecular weight is 416 g/mol. The summed E-state index contributed by atoms with van der Waals surface area (Å²) in [4.78, 5) is 70.5. The zero-order valence-corrected chi connectivity index (χ0v) is 16.0. The summed E-state index contributed by atoms with van der Waals surface area (Å²) in [5.41, 5.74) is -2.32. The number of esters is 4. The Morgan fingerprint density at radius 1 is 0.897 bits per heavy atom. The topological polar surface area (TPSA) is 173 Å². The highest BCUT2D eigenvalue weighted by molar-refractivity contribution is 6.06. The molecule has 0 aromatic heterocycles. The fourth-order valence-corrected chi connectivity index (χ4v) is 3.04. The number of urea groups is 1. The summed E-state index contributed by atoms with van der Waals surface area (Å²) in [6.07, 6.45) is -6.08. The summed E-state index contributed by atoms with van der Waals surface area (Å²) < 4.78 is 26.0. The Balaban J connectivity index is 2.56. The minimum atomic E-state index is -2.32. The lowest BCUT2D eigenvalue weighted by Crippen LogP contribution is -2.73. The van der Waals surface area contributed by atoms with Gasteiger partial charge in [0, 0.05) is 27.7 Å². The smallest absolute Gasteiger partial charge is 0.324 e. The Morgan fingerprint density at radius 2 is 1.45 bits per heavy atom. The number of nitrogens with one attached hydrogen (secondary N) is 2. The van der Waals surface area contributed by atoms with E-state index in [0.29, 0.717) is 0 Å². The fourth-order valence-electron chi connectivity index (χ4n) is 3.04. The van der Waals surface area contributed by atoms with Crippen LogP contribution in [0.5, 0.6) is 0 Å². The first-order valence-corrected chi connectivity index (χ1v) is 8.42. The number of carbonyl (C=O) groups is 6. The van der Waals surface area contributed by atoms with Crippen LogP contribution in [0.25, 0.3) is 0 Å². The first kappa shape index (κ1) is 22.1. The molecule has 0 aliphatic carbocycles. The number of carbonyl (C=O) groups excluding carboxylic acids is 6. The van der Waals surface area contributed by atoms with Crippen LogP contribution in [0.2, 0.25) is 0 Å². The number of rotatable bonds is 5. The number of hydrogen-bond donors (Lipinski definition) is 2. The molecule has 0 aromatic rings. The Hall–Kier alpha value is -3.22. The van der Waals surface area contributed by atoms with E-state index in [4.69, 9.17) is 23.7 Å². The van der Waals surface area contributed by atoms with Gasteiger partial charge < -0.3 is 23.7 Å². The van der Waals surface area contributed by atoms with E-state index >= 15 is 0 Å². The molecule has 1 spiro atoms. The Bertz CT molecular complexity index is 751. The van der Waals surface area contributed by atoms with Crippen molar-refractivity contribution >= 4 is 35.8 Å². The maximum Gasteiger partial charge on any atom is 0.324 e. The third kappa shape index (κ3) is 4.80. The molecule has 5 atom stereocenters. The fraction of sp³-hybridized carbons (Fsp3) is 0.625. The number of hydrogen-bond acceptors (Lipinski definition) is 11. The van der Waals surface area contributed by atoms with Gasteiger partial charge in [-0.2, -0.15) is 0 Å². The molecule has 0 aromatic carbocycles. The third-order valence-electron chi connectivity index (χ3n) is 3.94. The molecule has 0 bridgehead atoms. The van der Waals surface area contributed by atoms with E-state index in [2.05, 4.69) is 5.32 Å². The number of amides is 3. The van der Waals surface area contributed by atoms with Gasteiger partial charge >= 0.3 is 29.9 Å². The summed E-state index contributed by atoms with van der Waals surface area (Å²) in [5, 5.41) is 4.13. The lowest BCUT2D eigenvalue weighted by Gasteiger charge is -2.47. The van der Waals surface area contributed by atoms with Gasteiger partial charge in [-0.3, -0.25) is 34.6 Å². The summed E-state index contributed by atoms with van der Waals surface area (Å²) in [6, 6.07) is -0.967. The van der Waals surface area contributed by atoms with Crippen LogP contribution in [-0.2, 0) is 47.7 Å². The lowest BCUT2D eigenvalue weighted by atomic mass is 9.89. The molecule has 2 N–H and O–H groups in total. The molecule has 2 aliphatic rings. The van der Waals surface area contributed by atoms with Crippen LogP contribution in [-0.4, -0.2) is 72.6 Å². The Morgan fingerprint density at radius 3 is 1.90 bits per heavy atom. The molecule has 29 heavy (non-hydrogen) atoms. The van der Waals surface area contributed by atoms with Crippen LogP contribution >= 0.6 is 0 Å². The molecule has 0 unspecified atom stereocenters. The van der Waals surface area contributed by atoms with Crippen molar-refractivity contribution in [3.8, 4) is 0 Å². The van der Waals surface area contributed by atoms with E-state index < -0.39 is 72.6 Å². The zero-order chi connectivity index (χ0) is 21.9. The maximum absolute atomic E-state index is 12.5. The van der Waals surface area contributed by atoms with Gasteiger partial charge in [0.05, 0.1) is 0 Å². The van der Waals surface area contributed by atoms with Crippen LogP contribution in [0.3, 0.4) is 0 Å². The van der Waals surface area contributed by atoms with Crippen LogP contribution in [0.4, 0.5) is 4.79 Å². The molecule has 3 amide bonds. The van der Waals surface area contributed by atoms with Gasteiger partial charge in [0.15, 0.2) is 18.3 Å². The maximum atomic E-state index is 12.5. The van der Waals surface area contributed by atoms with Gasteiger partial charge in [0.25, 0.3) is 11.6 Å². The second-order valence-corrected chi connectivity index (χ2v) is 6.28. The van der Waals surface area contributed by atoms with E-state index in [1.165, 1.54) is 0 Å². The van der Waals surface area contributed by atoms with Crippen molar-refractivity contribution in [1.82, 2.24) is 10.6 Å². The van der Waals surface area contributed by atoms with Crippen molar-refractivity contribution in [2.75, 3.05) is 6.61 Å². The van der Waals surface area contributed by atoms with E-state index in [-0.39, 0.29) is 0 Å². The van der Waals surface area contributed by atoms with Crippen molar-refractivity contribution in [1.29, 1.82) is 0 Å². The van der Waals surface area contributed by atoms with Crippen molar-refractivity contribution in [3.63, 3.8) is 0 Å². The van der Waals surface area contributed by atoms with Crippen molar-refractivity contribution < 1.29 is 52.5 Å². The SMILES string of the molecule is CC(=O)OC[C@H]1O[C@]2(NC(=O)NC2=O)[C@H](OC(C)=O)[C@@H](OC(C)=O)[C@@H]1OC(C)=O. The van der Waals surface area contributed by atoms with Crippen LogP contribution < -0.4 is 10.6 Å². The standard InChI is InChI=1S/C16H20N2O11/c1-6(19)25-5-10-11(26-7(2)20)12(27-8(3)21)13(28-9(4)22)16(29-10)14(23)17-15(24)18-16/h10-13H,5H2,1-4H3,(H2,17,18,23,24)/t10-,11-,12+,13-,16-/m1/s1. The first-order valence-electron chi connectivity index (χ1n) is 8.42.